The third-order valence-electron chi connectivity index (χ3n) is 4.37. The summed E-state index contributed by atoms with van der Waals surface area (Å²) in [6.45, 7) is 8.56. The molecule has 2 unspecified atom stereocenters. The van der Waals surface area contributed by atoms with Crippen LogP contribution in [0.2, 0.25) is 0 Å². The van der Waals surface area contributed by atoms with Crippen LogP contribution in [0.5, 0.6) is 0 Å². The molecule has 116 valence electrons. The summed E-state index contributed by atoms with van der Waals surface area (Å²) in [7, 11) is 0. The van der Waals surface area contributed by atoms with Crippen molar-refractivity contribution in [2.24, 2.45) is 5.92 Å². The highest BCUT2D eigenvalue weighted by Crippen LogP contribution is 2.15. The maximum atomic E-state index is 11.1. The topological polar surface area (TPSA) is 53.0 Å². The summed E-state index contributed by atoms with van der Waals surface area (Å²) in [5.74, 6) is -1.02. The Kier molecular flexibility index (Phi) is 6.26. The fraction of sp³-hybridized carbons (Fsp3) is 0.933. The van der Waals surface area contributed by atoms with E-state index in [0.29, 0.717) is 12.6 Å². The molecule has 20 heavy (non-hydrogen) atoms. The summed E-state index contributed by atoms with van der Waals surface area (Å²) in [6.07, 6.45) is 5.16. The molecule has 2 aliphatic rings. The largest absolute Gasteiger partial charge is 0.481 e. The number of carboxylic acids is 1. The van der Waals surface area contributed by atoms with Gasteiger partial charge in [-0.15, -0.1) is 0 Å². The molecule has 2 rings (SSSR count). The molecule has 0 aromatic rings. The van der Waals surface area contributed by atoms with E-state index in [9.17, 15) is 4.79 Å². The molecular weight excluding hydrogens is 256 g/mol. The maximum Gasteiger partial charge on any atom is 0.307 e. The fourth-order valence-electron chi connectivity index (χ4n) is 3.09. The van der Waals surface area contributed by atoms with Crippen molar-refractivity contribution in [2.75, 3.05) is 45.9 Å². The molecule has 2 fully saturated rings. The molecule has 0 bridgehead atoms. The normalized spacial score (nSPS) is 25.4. The zero-order chi connectivity index (χ0) is 14.4. The van der Waals surface area contributed by atoms with Crippen molar-refractivity contribution in [3.8, 4) is 0 Å². The molecule has 0 saturated carbocycles. The molecular formula is C15H28N2O3. The van der Waals surface area contributed by atoms with Crippen LogP contribution in [0.25, 0.3) is 0 Å². The van der Waals surface area contributed by atoms with Gasteiger partial charge in [0.2, 0.25) is 0 Å². The second kappa shape index (κ2) is 7.96. The summed E-state index contributed by atoms with van der Waals surface area (Å²) < 4.78 is 5.69. The molecule has 5 heteroatoms. The lowest BCUT2D eigenvalue weighted by Crippen LogP contribution is -2.41. The van der Waals surface area contributed by atoms with E-state index in [1.165, 1.54) is 25.9 Å². The molecule has 1 N–H and O–H groups in total. The number of hydrogen-bond donors (Lipinski definition) is 1. The first kappa shape index (κ1) is 15.7. The van der Waals surface area contributed by atoms with Crippen molar-refractivity contribution in [3.63, 3.8) is 0 Å². The van der Waals surface area contributed by atoms with E-state index >= 15 is 0 Å². The zero-order valence-corrected chi connectivity index (χ0v) is 12.6. The molecule has 5 nitrogen and oxygen atoms in total. The molecule has 0 spiro atoms. The molecule has 0 aromatic carbocycles. The van der Waals surface area contributed by atoms with Crippen LogP contribution in [-0.2, 0) is 9.53 Å². The van der Waals surface area contributed by atoms with Crippen LogP contribution in [0, 0.1) is 5.92 Å². The van der Waals surface area contributed by atoms with Crippen molar-refractivity contribution in [3.05, 3.63) is 0 Å². The molecule has 0 radical (unpaired) electrons. The second-order valence-electron chi connectivity index (χ2n) is 6.18. The predicted octanol–water partition coefficient (Wildman–Crippen LogP) is 1.28. The SMILES string of the molecule is CC(CN(CCN1CCCC1)CC1CCCO1)C(=O)O. The van der Waals surface area contributed by atoms with E-state index in [0.717, 1.165) is 39.1 Å². The smallest absolute Gasteiger partial charge is 0.307 e. The summed E-state index contributed by atoms with van der Waals surface area (Å²) >= 11 is 0. The summed E-state index contributed by atoms with van der Waals surface area (Å²) in [5, 5.41) is 9.10. The fourth-order valence-corrected chi connectivity index (χ4v) is 3.09. The van der Waals surface area contributed by atoms with Gasteiger partial charge in [0.05, 0.1) is 12.0 Å². The molecule has 2 aliphatic heterocycles. The minimum absolute atomic E-state index is 0.301. The number of hydrogen-bond acceptors (Lipinski definition) is 4. The number of carbonyl (C=O) groups is 1. The Hall–Kier alpha value is -0.650. The first-order chi connectivity index (χ1) is 9.65. The molecule has 2 atom stereocenters. The van der Waals surface area contributed by atoms with Crippen molar-refractivity contribution in [2.45, 2.75) is 38.7 Å². The van der Waals surface area contributed by atoms with E-state index in [4.69, 9.17) is 9.84 Å². The molecule has 0 amide bonds. The van der Waals surface area contributed by atoms with Gasteiger partial charge in [0.1, 0.15) is 0 Å². The van der Waals surface area contributed by atoms with Crippen LogP contribution in [0.15, 0.2) is 0 Å². The predicted molar refractivity (Wildman–Crippen MR) is 77.9 cm³/mol. The summed E-state index contributed by atoms with van der Waals surface area (Å²) in [5.41, 5.74) is 0. The zero-order valence-electron chi connectivity index (χ0n) is 12.6. The Labute approximate surface area is 121 Å². The van der Waals surface area contributed by atoms with E-state index in [1.54, 1.807) is 6.92 Å². The Morgan fingerprint density at radius 1 is 1.40 bits per heavy atom. The molecule has 0 aromatic heterocycles. The van der Waals surface area contributed by atoms with Crippen LogP contribution in [-0.4, -0.2) is 72.9 Å². The number of aliphatic carboxylic acids is 1. The van der Waals surface area contributed by atoms with Crippen LogP contribution < -0.4 is 0 Å². The molecule has 2 heterocycles. The van der Waals surface area contributed by atoms with Gasteiger partial charge in [-0.05, 0) is 38.8 Å². The highest BCUT2D eigenvalue weighted by Gasteiger charge is 2.23. The van der Waals surface area contributed by atoms with E-state index in [2.05, 4.69) is 9.80 Å². The number of likely N-dealkylation sites (tertiary alicyclic amines) is 1. The Morgan fingerprint density at radius 3 is 2.75 bits per heavy atom. The van der Waals surface area contributed by atoms with E-state index in [-0.39, 0.29) is 5.92 Å². The van der Waals surface area contributed by atoms with Gasteiger partial charge in [-0.2, -0.15) is 0 Å². The minimum atomic E-state index is -0.705. The Bertz CT molecular complexity index is 299. The van der Waals surface area contributed by atoms with Gasteiger partial charge >= 0.3 is 5.97 Å². The van der Waals surface area contributed by atoms with Crippen molar-refractivity contribution in [1.29, 1.82) is 0 Å². The van der Waals surface area contributed by atoms with Crippen LogP contribution in [0.1, 0.15) is 32.6 Å². The number of ether oxygens (including phenoxy) is 1. The summed E-state index contributed by atoms with van der Waals surface area (Å²) in [4.78, 5) is 15.8. The van der Waals surface area contributed by atoms with Crippen LogP contribution >= 0.6 is 0 Å². The van der Waals surface area contributed by atoms with Gasteiger partial charge in [-0.3, -0.25) is 9.69 Å². The van der Waals surface area contributed by atoms with E-state index < -0.39 is 5.97 Å². The van der Waals surface area contributed by atoms with Crippen LogP contribution in [0.4, 0.5) is 0 Å². The lowest BCUT2D eigenvalue weighted by atomic mass is 10.1. The molecule has 0 aliphatic carbocycles. The highest BCUT2D eigenvalue weighted by molar-refractivity contribution is 5.69. The lowest BCUT2D eigenvalue weighted by molar-refractivity contribution is -0.141. The van der Waals surface area contributed by atoms with Gasteiger partial charge in [0.15, 0.2) is 0 Å². The third-order valence-corrected chi connectivity index (χ3v) is 4.37. The van der Waals surface area contributed by atoms with Crippen molar-refractivity contribution in [1.82, 2.24) is 9.80 Å². The molecule has 2 saturated heterocycles. The Balaban J connectivity index is 1.79. The van der Waals surface area contributed by atoms with Gasteiger partial charge in [-0.25, -0.2) is 0 Å². The van der Waals surface area contributed by atoms with Gasteiger partial charge < -0.3 is 14.7 Å². The number of nitrogens with zero attached hydrogens (tertiary/aromatic N) is 2. The van der Waals surface area contributed by atoms with Crippen molar-refractivity contribution >= 4 is 5.97 Å². The first-order valence-electron chi connectivity index (χ1n) is 7.94. The Morgan fingerprint density at radius 2 is 2.15 bits per heavy atom. The average molecular weight is 284 g/mol. The average Bonchev–Trinajstić information content (AvgIpc) is 3.08. The quantitative estimate of drug-likeness (QED) is 0.728. The second-order valence-corrected chi connectivity index (χ2v) is 6.18. The minimum Gasteiger partial charge on any atom is -0.481 e. The number of rotatable bonds is 8. The van der Waals surface area contributed by atoms with Gasteiger partial charge in [0, 0.05) is 32.8 Å². The lowest BCUT2D eigenvalue weighted by Gasteiger charge is -2.28. The van der Waals surface area contributed by atoms with Gasteiger partial charge in [0.25, 0.3) is 0 Å². The van der Waals surface area contributed by atoms with E-state index in [1.807, 2.05) is 0 Å². The monoisotopic (exact) mass is 284 g/mol. The third kappa shape index (κ3) is 5.04. The van der Waals surface area contributed by atoms with Crippen LogP contribution in [0.3, 0.4) is 0 Å². The maximum absolute atomic E-state index is 11.1. The standard InChI is InChI=1S/C15H28N2O3/c1-13(15(18)19)11-17(12-14-5-4-10-20-14)9-8-16-6-2-3-7-16/h13-14H,2-12H2,1H3,(H,18,19). The van der Waals surface area contributed by atoms with Crippen molar-refractivity contribution < 1.29 is 14.6 Å². The number of carboxylic acid groups (broad SMARTS) is 1. The highest BCUT2D eigenvalue weighted by atomic mass is 16.5. The summed E-state index contributed by atoms with van der Waals surface area (Å²) in [6, 6.07) is 0. The first-order valence-corrected chi connectivity index (χ1v) is 7.94. The van der Waals surface area contributed by atoms with Gasteiger partial charge in [-0.1, -0.05) is 6.92 Å².